The molecule has 3 aromatic rings. The predicted octanol–water partition coefficient (Wildman–Crippen LogP) is 4.18. The van der Waals surface area contributed by atoms with Crippen molar-refractivity contribution in [2.75, 3.05) is 27.3 Å². The quantitative estimate of drug-likeness (QED) is 0.573. The molecule has 34 heavy (non-hydrogen) atoms. The topological polar surface area (TPSA) is 80.8 Å². The second-order valence-corrected chi connectivity index (χ2v) is 8.46. The number of methoxy groups -OCH3 is 2. The fraction of sp³-hybridized carbons (Fsp3) is 0.269. The third-order valence-electron chi connectivity index (χ3n) is 6.10. The Bertz CT molecular complexity index is 1170. The lowest BCUT2D eigenvalue weighted by Gasteiger charge is -2.39. The van der Waals surface area contributed by atoms with E-state index >= 15 is 0 Å². The Kier molecular flexibility index (Phi) is 7.33. The molecule has 1 aliphatic rings. The van der Waals surface area contributed by atoms with Gasteiger partial charge in [0, 0.05) is 43.0 Å². The number of benzene rings is 2. The zero-order chi connectivity index (χ0) is 24.1. The van der Waals surface area contributed by atoms with Crippen LogP contribution in [0.15, 0.2) is 67.0 Å². The summed E-state index contributed by atoms with van der Waals surface area (Å²) in [5.41, 5.74) is 1.95. The molecule has 176 valence electrons. The number of ether oxygens (including phenoxy) is 2. The Morgan fingerprint density at radius 3 is 2.47 bits per heavy atom. The minimum Gasteiger partial charge on any atom is -0.493 e. The standard InChI is InChI=1S/C26H26ClN3O4/c1-33-23-8-7-18(15-24(23)34-2)26(32)30-14-11-22(20(16-30)17-9-12-28-13-10-17)29-25(31)19-5-3-4-6-21(19)27/h3-10,12-13,15,20,22H,11,14,16H2,1-2H3,(H,29,31)/t20-,22-/m0/s1. The Balaban J connectivity index is 1.56. The van der Waals surface area contributed by atoms with Gasteiger partial charge < -0.3 is 19.7 Å². The van der Waals surface area contributed by atoms with Gasteiger partial charge in [0.05, 0.1) is 24.8 Å². The fourth-order valence-corrected chi connectivity index (χ4v) is 4.52. The SMILES string of the molecule is COc1ccc(C(=O)N2CC[C@H](NC(=O)c3ccccc3Cl)[C@H](c3ccncc3)C2)cc1OC. The number of rotatable bonds is 6. The van der Waals surface area contributed by atoms with E-state index in [2.05, 4.69) is 10.3 Å². The molecule has 2 aromatic carbocycles. The van der Waals surface area contributed by atoms with Crippen molar-refractivity contribution in [1.29, 1.82) is 0 Å². The van der Waals surface area contributed by atoms with E-state index in [-0.39, 0.29) is 23.8 Å². The van der Waals surface area contributed by atoms with Gasteiger partial charge in [0.2, 0.25) is 0 Å². The summed E-state index contributed by atoms with van der Waals surface area (Å²) in [5, 5.41) is 3.54. The average molecular weight is 480 g/mol. The van der Waals surface area contributed by atoms with Crippen molar-refractivity contribution >= 4 is 23.4 Å². The van der Waals surface area contributed by atoms with Crippen LogP contribution < -0.4 is 14.8 Å². The van der Waals surface area contributed by atoms with Crippen LogP contribution in [0.5, 0.6) is 11.5 Å². The molecule has 0 aliphatic carbocycles. The summed E-state index contributed by atoms with van der Waals surface area (Å²) in [7, 11) is 3.10. The number of nitrogens with zero attached hydrogens (tertiary/aromatic N) is 2. The van der Waals surface area contributed by atoms with E-state index in [0.717, 1.165) is 5.56 Å². The van der Waals surface area contributed by atoms with Crippen molar-refractivity contribution in [2.24, 2.45) is 0 Å². The Morgan fingerprint density at radius 1 is 1.03 bits per heavy atom. The molecule has 8 heteroatoms. The number of aromatic nitrogens is 1. The molecule has 1 saturated heterocycles. The second-order valence-electron chi connectivity index (χ2n) is 8.06. The van der Waals surface area contributed by atoms with E-state index in [0.29, 0.717) is 47.2 Å². The Hall–Kier alpha value is -3.58. The third-order valence-corrected chi connectivity index (χ3v) is 6.43. The van der Waals surface area contributed by atoms with Gasteiger partial charge in [0.1, 0.15) is 0 Å². The van der Waals surface area contributed by atoms with Gasteiger partial charge in [-0.05, 0) is 54.4 Å². The van der Waals surface area contributed by atoms with E-state index in [1.807, 2.05) is 17.0 Å². The molecule has 7 nitrogen and oxygen atoms in total. The Morgan fingerprint density at radius 2 is 1.76 bits per heavy atom. The number of carbonyl (C=O) groups excluding carboxylic acids is 2. The summed E-state index contributed by atoms with van der Waals surface area (Å²) in [5.74, 6) is 0.633. The highest BCUT2D eigenvalue weighted by Crippen LogP contribution is 2.31. The van der Waals surface area contributed by atoms with Crippen LogP contribution in [-0.4, -0.2) is 55.0 Å². The van der Waals surface area contributed by atoms with Crippen LogP contribution in [-0.2, 0) is 0 Å². The van der Waals surface area contributed by atoms with Crippen molar-refractivity contribution in [1.82, 2.24) is 15.2 Å². The van der Waals surface area contributed by atoms with Gasteiger partial charge in [-0.15, -0.1) is 0 Å². The normalized spacial score (nSPS) is 17.7. The summed E-state index contributed by atoms with van der Waals surface area (Å²) in [6.45, 7) is 0.951. The Labute approximate surface area is 203 Å². The van der Waals surface area contributed by atoms with Gasteiger partial charge >= 0.3 is 0 Å². The smallest absolute Gasteiger partial charge is 0.254 e. The van der Waals surface area contributed by atoms with E-state index in [4.69, 9.17) is 21.1 Å². The van der Waals surface area contributed by atoms with E-state index in [9.17, 15) is 9.59 Å². The molecule has 2 heterocycles. The molecule has 0 radical (unpaired) electrons. The largest absolute Gasteiger partial charge is 0.493 e. The van der Waals surface area contributed by atoms with Gasteiger partial charge in [0.15, 0.2) is 11.5 Å². The summed E-state index contributed by atoms with van der Waals surface area (Å²) in [4.78, 5) is 32.2. The minimum atomic E-state index is -0.227. The molecule has 1 aromatic heterocycles. The van der Waals surface area contributed by atoms with E-state index in [1.165, 1.54) is 0 Å². The third kappa shape index (κ3) is 4.99. The summed E-state index contributed by atoms with van der Waals surface area (Å²) >= 11 is 6.23. The molecular weight excluding hydrogens is 454 g/mol. The summed E-state index contributed by atoms with van der Waals surface area (Å²) in [6.07, 6.45) is 4.04. The van der Waals surface area contributed by atoms with Crippen molar-refractivity contribution < 1.29 is 19.1 Å². The highest BCUT2D eigenvalue weighted by atomic mass is 35.5. The fourth-order valence-electron chi connectivity index (χ4n) is 4.30. The second kappa shape index (κ2) is 10.6. The van der Waals surface area contributed by atoms with Crippen molar-refractivity contribution in [3.05, 3.63) is 88.7 Å². The van der Waals surface area contributed by atoms with Crippen LogP contribution >= 0.6 is 11.6 Å². The first-order valence-corrected chi connectivity index (χ1v) is 11.4. The number of hydrogen-bond donors (Lipinski definition) is 1. The van der Waals surface area contributed by atoms with Crippen molar-refractivity contribution in [3.8, 4) is 11.5 Å². The molecule has 0 spiro atoms. The number of amides is 2. The van der Waals surface area contributed by atoms with Crippen LogP contribution in [0.2, 0.25) is 5.02 Å². The first-order chi connectivity index (χ1) is 16.5. The van der Waals surface area contributed by atoms with Gasteiger partial charge in [0.25, 0.3) is 11.8 Å². The molecule has 1 fully saturated rings. The maximum Gasteiger partial charge on any atom is 0.254 e. The van der Waals surface area contributed by atoms with Crippen LogP contribution in [0.4, 0.5) is 0 Å². The van der Waals surface area contributed by atoms with Gasteiger partial charge in [-0.25, -0.2) is 0 Å². The highest BCUT2D eigenvalue weighted by Gasteiger charge is 2.34. The average Bonchev–Trinajstić information content (AvgIpc) is 2.88. The van der Waals surface area contributed by atoms with Crippen molar-refractivity contribution in [2.45, 2.75) is 18.4 Å². The molecule has 1 aliphatic heterocycles. The van der Waals surface area contributed by atoms with Crippen LogP contribution in [0.1, 0.15) is 38.6 Å². The van der Waals surface area contributed by atoms with Crippen LogP contribution in [0, 0.1) is 0 Å². The number of halogens is 1. The zero-order valence-electron chi connectivity index (χ0n) is 19.0. The number of likely N-dealkylation sites (tertiary alicyclic amines) is 1. The maximum atomic E-state index is 13.4. The molecule has 1 N–H and O–H groups in total. The molecular formula is C26H26ClN3O4. The monoisotopic (exact) mass is 479 g/mol. The molecule has 0 saturated carbocycles. The molecule has 2 amide bonds. The number of pyridine rings is 1. The van der Waals surface area contributed by atoms with Crippen molar-refractivity contribution in [3.63, 3.8) is 0 Å². The predicted molar refractivity (Wildman–Crippen MR) is 130 cm³/mol. The molecule has 4 rings (SSSR count). The first-order valence-electron chi connectivity index (χ1n) is 11.0. The maximum absolute atomic E-state index is 13.4. The summed E-state index contributed by atoms with van der Waals surface area (Å²) in [6, 6.07) is 15.8. The van der Waals surface area contributed by atoms with Crippen LogP contribution in [0.3, 0.4) is 0 Å². The van der Waals surface area contributed by atoms with Gasteiger partial charge in [-0.2, -0.15) is 0 Å². The number of hydrogen-bond acceptors (Lipinski definition) is 5. The van der Waals surface area contributed by atoms with E-state index < -0.39 is 0 Å². The summed E-state index contributed by atoms with van der Waals surface area (Å²) < 4.78 is 10.6. The number of piperidine rings is 1. The van der Waals surface area contributed by atoms with E-state index in [1.54, 1.807) is 69.1 Å². The highest BCUT2D eigenvalue weighted by molar-refractivity contribution is 6.33. The first kappa shape index (κ1) is 23.6. The lowest BCUT2D eigenvalue weighted by Crippen LogP contribution is -2.51. The van der Waals surface area contributed by atoms with Crippen LogP contribution in [0.25, 0.3) is 0 Å². The minimum absolute atomic E-state index is 0.101. The lowest BCUT2D eigenvalue weighted by molar-refractivity contribution is 0.0671. The zero-order valence-corrected chi connectivity index (χ0v) is 19.8. The molecule has 0 unspecified atom stereocenters. The number of nitrogens with one attached hydrogen (secondary N) is 1. The number of carbonyl (C=O) groups is 2. The van der Waals surface area contributed by atoms with Gasteiger partial charge in [-0.1, -0.05) is 23.7 Å². The van der Waals surface area contributed by atoms with Gasteiger partial charge in [-0.3, -0.25) is 14.6 Å². The molecule has 2 atom stereocenters. The molecule has 0 bridgehead atoms. The lowest BCUT2D eigenvalue weighted by atomic mass is 9.86.